The molecule has 2 heterocycles. The fourth-order valence-corrected chi connectivity index (χ4v) is 2.55. The number of carbonyl (C=O) groups excluding carboxylic acids is 1. The third-order valence-corrected chi connectivity index (χ3v) is 3.66. The first-order valence-electron chi connectivity index (χ1n) is 6.33. The highest BCUT2D eigenvalue weighted by Gasteiger charge is 2.18. The van der Waals surface area contributed by atoms with Crippen LogP contribution in [0.3, 0.4) is 0 Å². The van der Waals surface area contributed by atoms with Gasteiger partial charge in [-0.3, -0.25) is 15.4 Å². The lowest BCUT2D eigenvalue weighted by molar-refractivity contribution is -0.116. The van der Waals surface area contributed by atoms with Crippen molar-refractivity contribution < 1.29 is 4.79 Å². The van der Waals surface area contributed by atoms with Crippen molar-refractivity contribution in [2.45, 2.75) is 38.6 Å². The molecule has 7 heteroatoms. The standard InChI is InChI=1S/C12H18N4OS.ClH/c1-2-3-4-7-10-15-16-12(18-10)14-11(17)9-6-5-8-13-9;/h5-6,9,13H,2-4,7-8H2,1H3,(H,14,16,17);1H. The summed E-state index contributed by atoms with van der Waals surface area (Å²) < 4.78 is 0. The Bertz CT molecular complexity index is 435. The molecule has 0 fully saturated rings. The second-order valence-electron chi connectivity index (χ2n) is 4.26. The van der Waals surface area contributed by atoms with Crippen molar-refractivity contribution in [3.05, 3.63) is 17.2 Å². The van der Waals surface area contributed by atoms with Gasteiger partial charge in [-0.2, -0.15) is 0 Å². The van der Waals surface area contributed by atoms with Crippen LogP contribution in [0.25, 0.3) is 0 Å². The number of amides is 1. The van der Waals surface area contributed by atoms with Gasteiger partial charge < -0.3 is 0 Å². The Labute approximate surface area is 123 Å². The normalized spacial score (nSPS) is 17.2. The van der Waals surface area contributed by atoms with Gasteiger partial charge in [0.25, 0.3) is 0 Å². The molecule has 1 atom stereocenters. The van der Waals surface area contributed by atoms with Gasteiger partial charge in [-0.25, -0.2) is 0 Å². The molecule has 0 radical (unpaired) electrons. The lowest BCUT2D eigenvalue weighted by atomic mass is 10.2. The average Bonchev–Trinajstić information content (AvgIpc) is 3.00. The maximum absolute atomic E-state index is 11.8. The molecule has 0 bridgehead atoms. The zero-order valence-corrected chi connectivity index (χ0v) is 12.5. The lowest BCUT2D eigenvalue weighted by Gasteiger charge is -2.06. The van der Waals surface area contributed by atoms with Crippen LogP contribution in [-0.2, 0) is 11.2 Å². The topological polar surface area (TPSA) is 66.9 Å². The quantitative estimate of drug-likeness (QED) is 0.624. The maximum atomic E-state index is 11.8. The fourth-order valence-electron chi connectivity index (χ4n) is 1.76. The van der Waals surface area contributed by atoms with Gasteiger partial charge in [-0.05, 0) is 6.42 Å². The van der Waals surface area contributed by atoms with Gasteiger partial charge in [0.15, 0.2) is 0 Å². The first kappa shape index (κ1) is 16.1. The van der Waals surface area contributed by atoms with Gasteiger partial charge in [0, 0.05) is 13.0 Å². The van der Waals surface area contributed by atoms with E-state index in [0.29, 0.717) is 5.13 Å². The molecule has 2 N–H and O–H groups in total. The van der Waals surface area contributed by atoms with Gasteiger partial charge >= 0.3 is 0 Å². The van der Waals surface area contributed by atoms with Gasteiger partial charge in [0.2, 0.25) is 11.0 Å². The minimum absolute atomic E-state index is 0. The number of unbranched alkanes of at least 4 members (excludes halogenated alkanes) is 2. The molecule has 1 aliphatic rings. The summed E-state index contributed by atoms with van der Waals surface area (Å²) in [5, 5.41) is 15.5. The Morgan fingerprint density at radius 1 is 1.53 bits per heavy atom. The third-order valence-electron chi connectivity index (χ3n) is 2.76. The number of halogens is 1. The Balaban J connectivity index is 0.00000180. The first-order chi connectivity index (χ1) is 8.79. The van der Waals surface area contributed by atoms with Crippen molar-refractivity contribution in [2.75, 3.05) is 11.9 Å². The van der Waals surface area contributed by atoms with E-state index in [9.17, 15) is 4.79 Å². The predicted octanol–water partition coefficient (Wildman–Crippen LogP) is 2.16. The molecule has 19 heavy (non-hydrogen) atoms. The summed E-state index contributed by atoms with van der Waals surface area (Å²) in [6, 6.07) is -0.238. The van der Waals surface area contributed by atoms with Gasteiger partial charge in [0.1, 0.15) is 11.0 Å². The van der Waals surface area contributed by atoms with E-state index < -0.39 is 0 Å². The zero-order chi connectivity index (χ0) is 12.8. The van der Waals surface area contributed by atoms with Crippen LogP contribution in [0.15, 0.2) is 12.2 Å². The molecule has 1 aromatic heterocycles. The monoisotopic (exact) mass is 302 g/mol. The Kier molecular flexibility index (Phi) is 6.97. The maximum Gasteiger partial charge on any atom is 0.247 e. The number of carbonyl (C=O) groups is 1. The molecule has 0 saturated heterocycles. The molecule has 1 unspecified atom stereocenters. The minimum atomic E-state index is -0.238. The number of anilines is 1. The lowest BCUT2D eigenvalue weighted by Crippen LogP contribution is -2.35. The Morgan fingerprint density at radius 2 is 2.37 bits per heavy atom. The van der Waals surface area contributed by atoms with E-state index in [1.54, 1.807) is 0 Å². The number of nitrogens with zero attached hydrogens (tertiary/aromatic N) is 2. The number of hydrogen-bond acceptors (Lipinski definition) is 5. The highest BCUT2D eigenvalue weighted by molar-refractivity contribution is 7.15. The van der Waals surface area contributed by atoms with E-state index in [0.717, 1.165) is 24.4 Å². The molecule has 0 saturated carbocycles. The Morgan fingerprint density at radius 3 is 3.05 bits per heavy atom. The fraction of sp³-hybridized carbons (Fsp3) is 0.583. The van der Waals surface area contributed by atoms with Crippen molar-refractivity contribution in [1.82, 2.24) is 15.5 Å². The van der Waals surface area contributed by atoms with Crippen LogP contribution >= 0.6 is 23.7 Å². The summed E-state index contributed by atoms with van der Waals surface area (Å²) in [5.41, 5.74) is 0. The van der Waals surface area contributed by atoms with E-state index in [2.05, 4.69) is 27.8 Å². The molecule has 2 rings (SSSR count). The van der Waals surface area contributed by atoms with Crippen LogP contribution < -0.4 is 10.6 Å². The van der Waals surface area contributed by atoms with E-state index in [4.69, 9.17) is 0 Å². The van der Waals surface area contributed by atoms with Gasteiger partial charge in [-0.15, -0.1) is 22.6 Å². The van der Waals surface area contributed by atoms with Crippen molar-refractivity contribution in [2.24, 2.45) is 0 Å². The predicted molar refractivity (Wildman–Crippen MR) is 79.9 cm³/mol. The van der Waals surface area contributed by atoms with Crippen molar-refractivity contribution in [3.8, 4) is 0 Å². The molecule has 106 valence electrons. The van der Waals surface area contributed by atoms with Crippen LogP contribution in [0.2, 0.25) is 0 Å². The number of hydrogen-bond donors (Lipinski definition) is 2. The Hall–Kier alpha value is -0.980. The molecular weight excluding hydrogens is 284 g/mol. The molecule has 0 spiro atoms. The summed E-state index contributed by atoms with van der Waals surface area (Å²) in [7, 11) is 0. The number of aryl methyl sites for hydroxylation is 1. The largest absolute Gasteiger partial charge is 0.299 e. The summed E-state index contributed by atoms with van der Waals surface area (Å²) in [4.78, 5) is 11.8. The first-order valence-corrected chi connectivity index (χ1v) is 7.14. The van der Waals surface area contributed by atoms with Crippen molar-refractivity contribution in [1.29, 1.82) is 0 Å². The van der Waals surface area contributed by atoms with Gasteiger partial charge in [-0.1, -0.05) is 43.3 Å². The second-order valence-corrected chi connectivity index (χ2v) is 5.32. The van der Waals surface area contributed by atoms with Gasteiger partial charge in [0.05, 0.1) is 0 Å². The summed E-state index contributed by atoms with van der Waals surface area (Å²) in [5.74, 6) is -0.0694. The summed E-state index contributed by atoms with van der Waals surface area (Å²) in [6.07, 6.45) is 8.29. The second kappa shape index (κ2) is 8.24. The van der Waals surface area contributed by atoms with E-state index >= 15 is 0 Å². The summed E-state index contributed by atoms with van der Waals surface area (Å²) >= 11 is 1.46. The molecular formula is C12H19ClN4OS. The number of aromatic nitrogens is 2. The number of nitrogens with one attached hydrogen (secondary N) is 2. The van der Waals surface area contributed by atoms with Crippen LogP contribution in [0.4, 0.5) is 5.13 Å². The molecule has 0 aromatic carbocycles. The molecule has 5 nitrogen and oxygen atoms in total. The van der Waals surface area contributed by atoms with Crippen LogP contribution in [0.5, 0.6) is 0 Å². The van der Waals surface area contributed by atoms with E-state index in [-0.39, 0.29) is 24.4 Å². The highest BCUT2D eigenvalue weighted by Crippen LogP contribution is 2.17. The third kappa shape index (κ3) is 4.89. The smallest absolute Gasteiger partial charge is 0.247 e. The zero-order valence-electron chi connectivity index (χ0n) is 10.9. The molecule has 1 aromatic rings. The number of rotatable bonds is 6. The van der Waals surface area contributed by atoms with Crippen molar-refractivity contribution in [3.63, 3.8) is 0 Å². The average molecular weight is 303 g/mol. The van der Waals surface area contributed by atoms with Crippen molar-refractivity contribution >= 4 is 34.8 Å². The van der Waals surface area contributed by atoms with Crippen LogP contribution in [0, 0.1) is 0 Å². The van der Waals surface area contributed by atoms with Crippen LogP contribution in [0.1, 0.15) is 31.2 Å². The molecule has 1 amide bonds. The summed E-state index contributed by atoms with van der Waals surface area (Å²) in [6.45, 7) is 2.92. The highest BCUT2D eigenvalue weighted by atomic mass is 35.5. The SMILES string of the molecule is CCCCCc1nnc(NC(=O)C2C=CCN2)s1.Cl. The van der Waals surface area contributed by atoms with E-state index in [1.165, 1.54) is 24.2 Å². The molecule has 1 aliphatic heterocycles. The van der Waals surface area contributed by atoms with E-state index in [1.807, 2.05) is 12.2 Å². The van der Waals surface area contributed by atoms with Crippen LogP contribution in [-0.4, -0.2) is 28.7 Å². The molecule has 0 aliphatic carbocycles. The minimum Gasteiger partial charge on any atom is -0.299 e.